The van der Waals surface area contributed by atoms with Crippen molar-refractivity contribution in [1.29, 1.82) is 0 Å². The Kier molecular flexibility index (Phi) is 5.85. The molecule has 5 rings (SSSR count). The quantitative estimate of drug-likeness (QED) is 0.582. The van der Waals surface area contributed by atoms with Gasteiger partial charge in [0.05, 0.1) is 24.0 Å². The van der Waals surface area contributed by atoms with E-state index in [0.717, 1.165) is 11.3 Å². The lowest BCUT2D eigenvalue weighted by molar-refractivity contribution is -0.159. The van der Waals surface area contributed by atoms with Crippen molar-refractivity contribution >= 4 is 35.3 Å². The second kappa shape index (κ2) is 8.83. The number of amides is 2. The molecule has 2 saturated heterocycles. The van der Waals surface area contributed by atoms with Crippen LogP contribution in [-0.2, 0) is 19.1 Å². The van der Waals surface area contributed by atoms with Crippen LogP contribution >= 0.6 is 11.8 Å². The number of ether oxygens (including phenoxy) is 2. The lowest BCUT2D eigenvalue weighted by Gasteiger charge is -2.29. The molecule has 0 saturated carbocycles. The first kappa shape index (κ1) is 22.5. The molecule has 2 amide bonds. The Morgan fingerprint density at radius 1 is 1.26 bits per heavy atom. The fraction of sp³-hybridized carbons (Fsp3) is 0.417. The maximum atomic E-state index is 13.1. The van der Waals surface area contributed by atoms with E-state index in [1.54, 1.807) is 42.2 Å². The first-order chi connectivity index (χ1) is 16.4. The Labute approximate surface area is 201 Å². The van der Waals surface area contributed by atoms with Crippen molar-refractivity contribution in [2.45, 2.75) is 43.1 Å². The van der Waals surface area contributed by atoms with Crippen molar-refractivity contribution in [2.24, 2.45) is 5.10 Å². The van der Waals surface area contributed by atoms with E-state index in [-0.39, 0.29) is 10.8 Å². The summed E-state index contributed by atoms with van der Waals surface area (Å²) in [6.45, 7) is 1.50. The third-order valence-electron chi connectivity index (χ3n) is 6.52. The van der Waals surface area contributed by atoms with Gasteiger partial charge in [-0.3, -0.25) is 9.59 Å². The predicted molar refractivity (Wildman–Crippen MR) is 124 cm³/mol. The average molecular weight is 484 g/mol. The Morgan fingerprint density at radius 3 is 2.76 bits per heavy atom. The van der Waals surface area contributed by atoms with Gasteiger partial charge < -0.3 is 18.8 Å². The molecule has 9 nitrogen and oxygen atoms in total. The van der Waals surface area contributed by atoms with Crippen LogP contribution in [0.5, 0.6) is 5.75 Å². The van der Waals surface area contributed by atoms with Gasteiger partial charge in [0.25, 0.3) is 5.91 Å². The lowest BCUT2D eigenvalue weighted by atomic mass is 10.0. The Morgan fingerprint density at radius 2 is 2.06 bits per heavy atom. The molecular weight excluding hydrogens is 458 g/mol. The van der Waals surface area contributed by atoms with E-state index < -0.39 is 30.6 Å². The molecule has 0 unspecified atom stereocenters. The van der Waals surface area contributed by atoms with Crippen LogP contribution in [0.3, 0.4) is 0 Å². The standard InChI is InChI=1S/C24H25N3O6S/c1-24-10-9-21(28)26(24)19(14-34-24)23(30)33-13-22(29)27-18(20-4-3-11-32-20)12-17(25-27)15-5-7-16(31-2)8-6-15/h3-8,11,18-19H,9-10,12-14H2,1-2H3/t18-,19+,24-/m1/s1. The highest BCUT2D eigenvalue weighted by Gasteiger charge is 2.53. The maximum Gasteiger partial charge on any atom is 0.330 e. The fourth-order valence-corrected chi connectivity index (χ4v) is 6.11. The first-order valence-corrected chi connectivity index (χ1v) is 12.1. The predicted octanol–water partition coefficient (Wildman–Crippen LogP) is 2.96. The molecule has 0 N–H and O–H groups in total. The number of methoxy groups -OCH3 is 1. The highest BCUT2D eigenvalue weighted by molar-refractivity contribution is 8.01. The van der Waals surface area contributed by atoms with Crippen molar-refractivity contribution < 1.29 is 28.3 Å². The zero-order valence-corrected chi connectivity index (χ0v) is 19.7. The lowest BCUT2D eigenvalue weighted by Crippen LogP contribution is -2.47. The van der Waals surface area contributed by atoms with E-state index in [9.17, 15) is 14.4 Å². The summed E-state index contributed by atoms with van der Waals surface area (Å²) in [6, 6.07) is 9.86. The number of carbonyl (C=O) groups excluding carboxylic acids is 3. The Hall–Kier alpha value is -3.27. The van der Waals surface area contributed by atoms with Crippen LogP contribution in [0.4, 0.5) is 0 Å². The first-order valence-electron chi connectivity index (χ1n) is 11.1. The molecule has 10 heteroatoms. The maximum absolute atomic E-state index is 13.1. The minimum Gasteiger partial charge on any atom is -0.497 e. The molecule has 2 fully saturated rings. The summed E-state index contributed by atoms with van der Waals surface area (Å²) in [5, 5.41) is 5.86. The van der Waals surface area contributed by atoms with E-state index in [1.165, 1.54) is 5.01 Å². The number of fused-ring (bicyclic) bond motifs is 1. The third kappa shape index (κ3) is 3.96. The molecule has 34 heavy (non-hydrogen) atoms. The van der Waals surface area contributed by atoms with E-state index in [4.69, 9.17) is 13.9 Å². The summed E-state index contributed by atoms with van der Waals surface area (Å²) < 4.78 is 16.2. The summed E-state index contributed by atoms with van der Waals surface area (Å²) >= 11 is 1.58. The molecule has 3 aliphatic rings. The van der Waals surface area contributed by atoms with E-state index in [1.807, 2.05) is 31.2 Å². The van der Waals surface area contributed by atoms with Crippen LogP contribution in [0.2, 0.25) is 0 Å². The number of benzene rings is 1. The molecule has 0 spiro atoms. The number of carbonyl (C=O) groups is 3. The molecule has 0 bridgehead atoms. The zero-order valence-electron chi connectivity index (χ0n) is 18.9. The summed E-state index contributed by atoms with van der Waals surface area (Å²) in [5.74, 6) is 0.715. The van der Waals surface area contributed by atoms with E-state index in [2.05, 4.69) is 5.10 Å². The SMILES string of the molecule is COc1ccc(C2=NN(C(=O)COC(=O)[C@@H]3CS[C@]4(C)CCC(=O)N34)[C@@H](c3ccco3)C2)cc1. The molecule has 3 atom stereocenters. The van der Waals surface area contributed by atoms with Crippen LogP contribution in [0.1, 0.15) is 43.6 Å². The number of thioether (sulfide) groups is 1. The fourth-order valence-electron chi connectivity index (χ4n) is 4.69. The molecule has 4 heterocycles. The molecule has 1 aromatic heterocycles. The van der Waals surface area contributed by atoms with Gasteiger partial charge in [-0.15, -0.1) is 11.8 Å². The Bertz CT molecular complexity index is 1130. The molecule has 1 aromatic carbocycles. The second-order valence-electron chi connectivity index (χ2n) is 8.62. The van der Waals surface area contributed by atoms with Gasteiger partial charge >= 0.3 is 5.97 Å². The average Bonchev–Trinajstić information content (AvgIpc) is 3.62. The molecule has 0 aliphatic carbocycles. The minimum absolute atomic E-state index is 0.0491. The van der Waals surface area contributed by atoms with Crippen LogP contribution < -0.4 is 4.74 Å². The minimum atomic E-state index is -0.671. The monoisotopic (exact) mass is 483 g/mol. The molecule has 3 aliphatic heterocycles. The number of rotatable bonds is 6. The van der Waals surface area contributed by atoms with E-state index >= 15 is 0 Å². The highest BCUT2D eigenvalue weighted by Crippen LogP contribution is 2.47. The molecular formula is C24H25N3O6S. The molecule has 2 aromatic rings. The van der Waals surface area contributed by atoms with Gasteiger partial charge in [0.1, 0.15) is 23.6 Å². The third-order valence-corrected chi connectivity index (χ3v) is 8.02. The van der Waals surface area contributed by atoms with Gasteiger partial charge in [0.2, 0.25) is 5.91 Å². The number of hydrogen-bond donors (Lipinski definition) is 0. The van der Waals surface area contributed by atoms with Gasteiger partial charge in [-0.1, -0.05) is 0 Å². The van der Waals surface area contributed by atoms with Crippen molar-refractivity contribution in [1.82, 2.24) is 9.91 Å². The second-order valence-corrected chi connectivity index (χ2v) is 10.1. The summed E-state index contributed by atoms with van der Waals surface area (Å²) in [5.41, 5.74) is 1.58. The van der Waals surface area contributed by atoms with Crippen molar-refractivity contribution in [3.05, 3.63) is 54.0 Å². The van der Waals surface area contributed by atoms with Gasteiger partial charge in [0, 0.05) is 18.6 Å². The van der Waals surface area contributed by atoms with Crippen LogP contribution in [0.15, 0.2) is 52.2 Å². The number of nitrogens with zero attached hydrogens (tertiary/aromatic N) is 3. The van der Waals surface area contributed by atoms with Crippen molar-refractivity contribution in [3.8, 4) is 5.75 Å². The van der Waals surface area contributed by atoms with Gasteiger partial charge in [0.15, 0.2) is 6.61 Å². The van der Waals surface area contributed by atoms with Crippen LogP contribution in [0.25, 0.3) is 0 Å². The van der Waals surface area contributed by atoms with Crippen LogP contribution in [-0.4, -0.2) is 63.8 Å². The number of esters is 1. The molecule has 0 radical (unpaired) electrons. The Balaban J connectivity index is 1.30. The smallest absolute Gasteiger partial charge is 0.330 e. The molecule has 178 valence electrons. The highest BCUT2D eigenvalue weighted by atomic mass is 32.2. The summed E-state index contributed by atoms with van der Waals surface area (Å²) in [4.78, 5) is 39.4. The van der Waals surface area contributed by atoms with Crippen molar-refractivity contribution in [3.63, 3.8) is 0 Å². The number of hydrazone groups is 1. The summed E-state index contributed by atoms with van der Waals surface area (Å²) in [7, 11) is 1.60. The van der Waals surface area contributed by atoms with Crippen molar-refractivity contribution in [2.75, 3.05) is 19.5 Å². The topological polar surface area (TPSA) is 102 Å². The van der Waals surface area contributed by atoms with Crippen LogP contribution in [0, 0.1) is 0 Å². The number of hydrogen-bond acceptors (Lipinski definition) is 8. The largest absolute Gasteiger partial charge is 0.497 e. The number of furan rings is 1. The van der Waals surface area contributed by atoms with Gasteiger partial charge in [-0.05, 0) is 55.3 Å². The normalized spacial score (nSPS) is 25.9. The summed E-state index contributed by atoms with van der Waals surface area (Å²) in [6.07, 6.45) is 3.14. The zero-order chi connectivity index (χ0) is 23.9. The van der Waals surface area contributed by atoms with E-state index in [0.29, 0.717) is 36.5 Å². The van der Waals surface area contributed by atoms with Gasteiger partial charge in [-0.2, -0.15) is 5.10 Å². The van der Waals surface area contributed by atoms with Gasteiger partial charge in [-0.25, -0.2) is 9.80 Å².